The fourth-order valence-corrected chi connectivity index (χ4v) is 4.33. The maximum Gasteiger partial charge on any atom is 0.153 e. The van der Waals surface area contributed by atoms with Gasteiger partial charge >= 0.3 is 0 Å². The summed E-state index contributed by atoms with van der Waals surface area (Å²) in [5, 5.41) is 3.17. The van der Waals surface area contributed by atoms with Gasteiger partial charge in [-0.25, -0.2) is 8.42 Å². The first-order valence-electron chi connectivity index (χ1n) is 7.17. The lowest BCUT2D eigenvalue weighted by Crippen LogP contribution is -2.46. The Labute approximate surface area is 122 Å². The van der Waals surface area contributed by atoms with Gasteiger partial charge in [-0.2, -0.15) is 0 Å². The van der Waals surface area contributed by atoms with Crippen molar-refractivity contribution in [3.8, 4) is 0 Å². The van der Waals surface area contributed by atoms with Crippen LogP contribution in [0.4, 0.5) is 0 Å². The quantitative estimate of drug-likeness (QED) is 0.883. The van der Waals surface area contributed by atoms with E-state index >= 15 is 0 Å². The molecule has 1 aromatic rings. The predicted octanol–water partition coefficient (Wildman–Crippen LogP) is 1.07. The van der Waals surface area contributed by atoms with Gasteiger partial charge in [-0.3, -0.25) is 4.90 Å². The Morgan fingerprint density at radius 3 is 2.65 bits per heavy atom. The number of rotatable bonds is 5. The van der Waals surface area contributed by atoms with Crippen molar-refractivity contribution in [1.29, 1.82) is 0 Å². The SMILES string of the molecule is CNCCc1ccccc1CN1CCS(=O)(=O)CC1C. The van der Waals surface area contributed by atoms with Gasteiger partial charge in [0.2, 0.25) is 0 Å². The van der Waals surface area contributed by atoms with Gasteiger partial charge in [-0.05, 0) is 38.1 Å². The van der Waals surface area contributed by atoms with E-state index in [2.05, 4.69) is 34.5 Å². The molecule has 1 aliphatic rings. The zero-order chi connectivity index (χ0) is 14.6. The number of sulfone groups is 1. The fraction of sp³-hybridized carbons (Fsp3) is 0.600. The maximum absolute atomic E-state index is 11.6. The maximum atomic E-state index is 11.6. The van der Waals surface area contributed by atoms with Crippen molar-refractivity contribution in [2.75, 3.05) is 31.6 Å². The minimum atomic E-state index is -2.83. The highest BCUT2D eigenvalue weighted by Gasteiger charge is 2.28. The van der Waals surface area contributed by atoms with E-state index < -0.39 is 9.84 Å². The second kappa shape index (κ2) is 6.70. The van der Waals surface area contributed by atoms with Crippen LogP contribution in [0.1, 0.15) is 18.1 Å². The lowest BCUT2D eigenvalue weighted by Gasteiger charge is -2.33. The van der Waals surface area contributed by atoms with Gasteiger partial charge in [0.25, 0.3) is 0 Å². The molecule has 0 amide bonds. The normalized spacial score (nSPS) is 22.8. The molecule has 1 fully saturated rings. The zero-order valence-corrected chi connectivity index (χ0v) is 13.1. The van der Waals surface area contributed by atoms with Crippen molar-refractivity contribution < 1.29 is 8.42 Å². The topological polar surface area (TPSA) is 49.4 Å². The van der Waals surface area contributed by atoms with E-state index in [0.29, 0.717) is 6.54 Å². The Balaban J connectivity index is 2.06. The van der Waals surface area contributed by atoms with Crippen LogP contribution >= 0.6 is 0 Å². The van der Waals surface area contributed by atoms with Crippen LogP contribution in [-0.2, 0) is 22.8 Å². The molecule has 0 bridgehead atoms. The summed E-state index contributed by atoms with van der Waals surface area (Å²) in [4.78, 5) is 2.28. The van der Waals surface area contributed by atoms with Crippen molar-refractivity contribution in [1.82, 2.24) is 10.2 Å². The summed E-state index contributed by atoms with van der Waals surface area (Å²) in [6.45, 7) is 4.45. The Bertz CT molecular complexity index is 543. The van der Waals surface area contributed by atoms with Crippen molar-refractivity contribution in [3.63, 3.8) is 0 Å². The minimum Gasteiger partial charge on any atom is -0.319 e. The lowest BCUT2D eigenvalue weighted by molar-refractivity contribution is 0.217. The van der Waals surface area contributed by atoms with Gasteiger partial charge in [-0.1, -0.05) is 24.3 Å². The van der Waals surface area contributed by atoms with Crippen LogP contribution in [0.25, 0.3) is 0 Å². The lowest BCUT2D eigenvalue weighted by atomic mass is 10.0. The first-order valence-corrected chi connectivity index (χ1v) is 9.00. The van der Waals surface area contributed by atoms with E-state index in [1.807, 2.05) is 14.0 Å². The van der Waals surface area contributed by atoms with Crippen molar-refractivity contribution in [3.05, 3.63) is 35.4 Å². The molecule has 1 N–H and O–H groups in total. The summed E-state index contributed by atoms with van der Waals surface area (Å²) in [6.07, 6.45) is 1.01. The summed E-state index contributed by atoms with van der Waals surface area (Å²) in [5.74, 6) is 0.571. The van der Waals surface area contributed by atoms with Gasteiger partial charge in [0.1, 0.15) is 0 Å². The van der Waals surface area contributed by atoms with Crippen LogP contribution in [0, 0.1) is 0 Å². The van der Waals surface area contributed by atoms with Crippen molar-refractivity contribution >= 4 is 9.84 Å². The number of likely N-dealkylation sites (N-methyl/N-ethyl adjacent to an activating group) is 1. The van der Waals surface area contributed by atoms with Crippen LogP contribution in [0.3, 0.4) is 0 Å². The van der Waals surface area contributed by atoms with Crippen LogP contribution in [0.15, 0.2) is 24.3 Å². The van der Waals surface area contributed by atoms with Gasteiger partial charge in [0, 0.05) is 19.1 Å². The van der Waals surface area contributed by atoms with E-state index in [9.17, 15) is 8.42 Å². The Kier molecular flexibility index (Phi) is 5.18. The largest absolute Gasteiger partial charge is 0.319 e. The highest BCUT2D eigenvalue weighted by molar-refractivity contribution is 7.91. The molecule has 1 unspecified atom stereocenters. The molecule has 0 aliphatic carbocycles. The third kappa shape index (κ3) is 4.04. The zero-order valence-electron chi connectivity index (χ0n) is 12.3. The summed E-state index contributed by atoms with van der Waals surface area (Å²) in [5.41, 5.74) is 2.66. The molecule has 5 heteroatoms. The van der Waals surface area contributed by atoms with E-state index in [4.69, 9.17) is 0 Å². The molecule has 0 spiro atoms. The molecule has 1 heterocycles. The Hall–Kier alpha value is -0.910. The molecule has 1 atom stereocenters. The van der Waals surface area contributed by atoms with Crippen molar-refractivity contribution in [2.45, 2.75) is 25.9 Å². The van der Waals surface area contributed by atoms with E-state index in [1.165, 1.54) is 11.1 Å². The third-order valence-corrected chi connectivity index (χ3v) is 5.74. The average molecular weight is 296 g/mol. The molecule has 4 nitrogen and oxygen atoms in total. The molecule has 0 saturated carbocycles. The second-order valence-electron chi connectivity index (χ2n) is 5.56. The van der Waals surface area contributed by atoms with E-state index in [0.717, 1.165) is 19.5 Å². The molecule has 1 aliphatic heterocycles. The summed E-state index contributed by atoms with van der Waals surface area (Å²) >= 11 is 0. The summed E-state index contributed by atoms with van der Waals surface area (Å²) < 4.78 is 23.3. The summed E-state index contributed by atoms with van der Waals surface area (Å²) in [7, 11) is -0.875. The highest BCUT2D eigenvalue weighted by atomic mass is 32.2. The molecule has 2 rings (SSSR count). The van der Waals surface area contributed by atoms with Crippen molar-refractivity contribution in [2.24, 2.45) is 0 Å². The molecule has 1 saturated heterocycles. The molecule has 20 heavy (non-hydrogen) atoms. The number of nitrogens with one attached hydrogen (secondary N) is 1. The molecule has 1 aromatic carbocycles. The fourth-order valence-electron chi connectivity index (χ4n) is 2.70. The van der Waals surface area contributed by atoms with Gasteiger partial charge in [-0.15, -0.1) is 0 Å². The second-order valence-corrected chi connectivity index (χ2v) is 7.78. The number of hydrogen-bond donors (Lipinski definition) is 1. The van der Waals surface area contributed by atoms with E-state index in [1.54, 1.807) is 0 Å². The number of benzene rings is 1. The smallest absolute Gasteiger partial charge is 0.153 e. The van der Waals surface area contributed by atoms with E-state index in [-0.39, 0.29) is 17.5 Å². The van der Waals surface area contributed by atoms with Crippen LogP contribution < -0.4 is 5.32 Å². The summed E-state index contributed by atoms with van der Waals surface area (Å²) in [6, 6.07) is 8.55. The molecular formula is C15H24N2O2S. The Morgan fingerprint density at radius 1 is 1.30 bits per heavy atom. The monoisotopic (exact) mass is 296 g/mol. The van der Waals surface area contributed by atoms with Gasteiger partial charge in [0.05, 0.1) is 11.5 Å². The Morgan fingerprint density at radius 2 is 2.00 bits per heavy atom. The predicted molar refractivity (Wildman–Crippen MR) is 82.6 cm³/mol. The molecule has 112 valence electrons. The van der Waals surface area contributed by atoms with Crippen LogP contribution in [-0.4, -0.2) is 51.0 Å². The number of nitrogens with zero attached hydrogens (tertiary/aromatic N) is 1. The van der Waals surface area contributed by atoms with Crippen LogP contribution in [0.5, 0.6) is 0 Å². The first kappa shape index (κ1) is 15.5. The van der Waals surface area contributed by atoms with Gasteiger partial charge < -0.3 is 5.32 Å². The highest BCUT2D eigenvalue weighted by Crippen LogP contribution is 2.18. The molecular weight excluding hydrogens is 272 g/mol. The molecule has 0 aromatic heterocycles. The minimum absolute atomic E-state index is 0.103. The average Bonchev–Trinajstić information content (AvgIpc) is 2.40. The standard InChI is InChI=1S/C15H24N2O2S/c1-13-12-20(18,19)10-9-17(13)11-15-6-4-3-5-14(15)7-8-16-2/h3-6,13,16H,7-12H2,1-2H3. The molecule has 0 radical (unpaired) electrons. The van der Waals surface area contributed by atoms with Crippen LogP contribution in [0.2, 0.25) is 0 Å². The third-order valence-electron chi connectivity index (χ3n) is 3.94. The van der Waals surface area contributed by atoms with Gasteiger partial charge in [0.15, 0.2) is 9.84 Å². The first-order chi connectivity index (χ1) is 9.52. The number of hydrogen-bond acceptors (Lipinski definition) is 4.